The molecule has 0 bridgehead atoms. The fourth-order valence-electron chi connectivity index (χ4n) is 2.80. The van der Waals surface area contributed by atoms with E-state index < -0.39 is 0 Å². The second kappa shape index (κ2) is 6.72. The Kier molecular flexibility index (Phi) is 4.68. The summed E-state index contributed by atoms with van der Waals surface area (Å²) in [5.74, 6) is -0.0852. The predicted octanol–water partition coefficient (Wildman–Crippen LogP) is 2.65. The van der Waals surface area contributed by atoms with Crippen LogP contribution in [0.3, 0.4) is 0 Å². The maximum Gasteiger partial charge on any atom is 0.254 e. The van der Waals surface area contributed by atoms with Gasteiger partial charge >= 0.3 is 0 Å². The maximum atomic E-state index is 12.3. The summed E-state index contributed by atoms with van der Waals surface area (Å²) < 4.78 is 1.66. The van der Waals surface area contributed by atoms with Gasteiger partial charge in [-0.25, -0.2) is 4.68 Å². The number of halogens is 1. The molecule has 0 saturated carbocycles. The van der Waals surface area contributed by atoms with E-state index in [0.29, 0.717) is 17.1 Å². The Morgan fingerprint density at radius 2 is 2.22 bits per heavy atom. The quantitative estimate of drug-likeness (QED) is 0.905. The van der Waals surface area contributed by atoms with Crippen molar-refractivity contribution in [2.24, 2.45) is 5.41 Å². The van der Waals surface area contributed by atoms with E-state index in [4.69, 9.17) is 11.6 Å². The van der Waals surface area contributed by atoms with E-state index in [0.717, 1.165) is 31.6 Å². The summed E-state index contributed by atoms with van der Waals surface area (Å²) in [7, 11) is 0. The lowest BCUT2D eigenvalue weighted by Gasteiger charge is -2.34. The van der Waals surface area contributed by atoms with Gasteiger partial charge in [0.2, 0.25) is 0 Å². The summed E-state index contributed by atoms with van der Waals surface area (Å²) in [4.78, 5) is 12.3. The van der Waals surface area contributed by atoms with Crippen LogP contribution in [0.25, 0.3) is 5.69 Å². The molecule has 1 aromatic heterocycles. The number of rotatable bonds is 4. The van der Waals surface area contributed by atoms with Crippen molar-refractivity contribution < 1.29 is 4.79 Å². The molecule has 0 unspecified atom stereocenters. The number of hydrogen-bond donors (Lipinski definition) is 2. The zero-order chi connectivity index (χ0) is 16.3. The fourth-order valence-corrected chi connectivity index (χ4v) is 2.99. The number of carbonyl (C=O) groups excluding carboxylic acids is 1. The smallest absolute Gasteiger partial charge is 0.254 e. The van der Waals surface area contributed by atoms with Gasteiger partial charge < -0.3 is 10.6 Å². The molecule has 1 aliphatic heterocycles. The van der Waals surface area contributed by atoms with E-state index in [1.54, 1.807) is 17.1 Å². The number of hydrogen-bond acceptors (Lipinski definition) is 3. The highest BCUT2D eigenvalue weighted by Gasteiger charge is 2.27. The van der Waals surface area contributed by atoms with Gasteiger partial charge in [-0.15, -0.1) is 0 Å². The largest absolute Gasteiger partial charge is 0.351 e. The lowest BCUT2D eigenvalue weighted by Crippen LogP contribution is -2.42. The number of benzene rings is 1. The lowest BCUT2D eigenvalue weighted by molar-refractivity contribution is 0.0922. The van der Waals surface area contributed by atoms with Gasteiger partial charge in [-0.05, 0) is 49.5 Å². The molecule has 1 fully saturated rings. The highest BCUT2D eigenvalue weighted by Crippen LogP contribution is 2.26. The highest BCUT2D eigenvalue weighted by atomic mass is 35.5. The van der Waals surface area contributed by atoms with Gasteiger partial charge in [-0.3, -0.25) is 4.79 Å². The minimum absolute atomic E-state index is 0.0852. The molecule has 2 heterocycles. The van der Waals surface area contributed by atoms with E-state index >= 15 is 0 Å². The van der Waals surface area contributed by atoms with Crippen molar-refractivity contribution in [3.8, 4) is 5.69 Å². The molecule has 6 heteroatoms. The second-order valence-electron chi connectivity index (χ2n) is 6.40. The van der Waals surface area contributed by atoms with Gasteiger partial charge in [0, 0.05) is 17.8 Å². The zero-order valence-electron chi connectivity index (χ0n) is 13.2. The molecule has 23 heavy (non-hydrogen) atoms. The topological polar surface area (TPSA) is 59.0 Å². The fraction of sp³-hybridized carbons (Fsp3) is 0.412. The SMILES string of the molecule is CC1(CNC(=O)c2cnn(-c3cccc(Cl)c3)c2)CCNCC1. The third-order valence-corrected chi connectivity index (χ3v) is 4.64. The first kappa shape index (κ1) is 16.0. The molecule has 2 N–H and O–H groups in total. The minimum Gasteiger partial charge on any atom is -0.351 e. The van der Waals surface area contributed by atoms with Crippen LogP contribution in [0.5, 0.6) is 0 Å². The molecule has 2 aromatic rings. The third kappa shape index (κ3) is 3.92. The van der Waals surface area contributed by atoms with Crippen molar-refractivity contribution in [1.82, 2.24) is 20.4 Å². The predicted molar refractivity (Wildman–Crippen MR) is 91.1 cm³/mol. The summed E-state index contributed by atoms with van der Waals surface area (Å²) >= 11 is 5.99. The van der Waals surface area contributed by atoms with E-state index in [1.165, 1.54) is 0 Å². The van der Waals surface area contributed by atoms with Crippen molar-refractivity contribution >= 4 is 17.5 Å². The molecule has 1 aromatic carbocycles. The Labute approximate surface area is 141 Å². The molecular weight excluding hydrogens is 312 g/mol. The van der Waals surface area contributed by atoms with E-state index in [2.05, 4.69) is 22.7 Å². The molecule has 1 aliphatic rings. The van der Waals surface area contributed by atoms with Crippen LogP contribution in [0.4, 0.5) is 0 Å². The Bertz CT molecular complexity index is 691. The van der Waals surface area contributed by atoms with Gasteiger partial charge in [-0.2, -0.15) is 5.10 Å². The van der Waals surface area contributed by atoms with E-state index in [9.17, 15) is 4.79 Å². The average molecular weight is 333 g/mol. The molecule has 3 rings (SSSR count). The van der Waals surface area contributed by atoms with Crippen molar-refractivity contribution in [3.63, 3.8) is 0 Å². The minimum atomic E-state index is -0.0852. The molecule has 1 saturated heterocycles. The van der Waals surface area contributed by atoms with E-state index in [-0.39, 0.29) is 11.3 Å². The first-order chi connectivity index (χ1) is 11.1. The molecule has 0 atom stereocenters. The number of nitrogens with one attached hydrogen (secondary N) is 2. The molecule has 5 nitrogen and oxygen atoms in total. The van der Waals surface area contributed by atoms with E-state index in [1.807, 2.05) is 24.3 Å². The number of carbonyl (C=O) groups is 1. The average Bonchev–Trinajstić information content (AvgIpc) is 3.03. The molecular formula is C17H21ClN4O. The number of nitrogens with zero attached hydrogens (tertiary/aromatic N) is 2. The number of piperidine rings is 1. The number of aromatic nitrogens is 2. The zero-order valence-corrected chi connectivity index (χ0v) is 13.9. The molecule has 122 valence electrons. The Hall–Kier alpha value is -1.85. The van der Waals surface area contributed by atoms with Crippen LogP contribution in [0.1, 0.15) is 30.1 Å². The molecule has 0 spiro atoms. The number of amides is 1. The standard InChI is InChI=1S/C17H21ClN4O/c1-17(5-7-19-8-6-17)12-20-16(23)13-10-21-22(11-13)15-4-2-3-14(18)9-15/h2-4,9-11,19H,5-8,12H2,1H3,(H,20,23). The van der Waals surface area contributed by atoms with Gasteiger partial charge in [0.05, 0.1) is 17.4 Å². The van der Waals surface area contributed by atoms with Crippen LogP contribution < -0.4 is 10.6 Å². The van der Waals surface area contributed by atoms with Crippen LogP contribution >= 0.6 is 11.6 Å². The summed E-state index contributed by atoms with van der Waals surface area (Å²) in [5.41, 5.74) is 1.56. The van der Waals surface area contributed by atoms with Gasteiger partial charge in [0.1, 0.15) is 0 Å². The van der Waals surface area contributed by atoms with Crippen LogP contribution in [-0.2, 0) is 0 Å². The summed E-state index contributed by atoms with van der Waals surface area (Å²) in [6.45, 7) is 4.94. The van der Waals surface area contributed by atoms with Gasteiger partial charge in [-0.1, -0.05) is 24.6 Å². The van der Waals surface area contributed by atoms with Crippen LogP contribution in [0.2, 0.25) is 5.02 Å². The highest BCUT2D eigenvalue weighted by molar-refractivity contribution is 6.30. The van der Waals surface area contributed by atoms with Crippen LogP contribution in [-0.4, -0.2) is 35.3 Å². The van der Waals surface area contributed by atoms with Crippen molar-refractivity contribution in [3.05, 3.63) is 47.2 Å². The molecule has 0 aliphatic carbocycles. The summed E-state index contributed by atoms with van der Waals surface area (Å²) in [6.07, 6.45) is 5.47. The lowest BCUT2D eigenvalue weighted by atomic mass is 9.81. The van der Waals surface area contributed by atoms with Gasteiger partial charge in [0.15, 0.2) is 0 Å². The van der Waals surface area contributed by atoms with Crippen LogP contribution in [0, 0.1) is 5.41 Å². The summed E-state index contributed by atoms with van der Waals surface area (Å²) in [5, 5.41) is 11.3. The second-order valence-corrected chi connectivity index (χ2v) is 6.83. The third-order valence-electron chi connectivity index (χ3n) is 4.40. The molecule has 1 amide bonds. The Morgan fingerprint density at radius 1 is 1.43 bits per heavy atom. The Morgan fingerprint density at radius 3 is 2.96 bits per heavy atom. The van der Waals surface area contributed by atoms with Gasteiger partial charge in [0.25, 0.3) is 5.91 Å². The first-order valence-corrected chi connectivity index (χ1v) is 8.23. The molecule has 0 radical (unpaired) electrons. The summed E-state index contributed by atoms with van der Waals surface area (Å²) in [6, 6.07) is 7.38. The normalized spacial score (nSPS) is 17.0. The maximum absolute atomic E-state index is 12.3. The monoisotopic (exact) mass is 332 g/mol. The first-order valence-electron chi connectivity index (χ1n) is 7.85. The van der Waals surface area contributed by atoms with Crippen molar-refractivity contribution in [1.29, 1.82) is 0 Å². The van der Waals surface area contributed by atoms with Crippen LogP contribution in [0.15, 0.2) is 36.7 Å². The van der Waals surface area contributed by atoms with Crippen molar-refractivity contribution in [2.75, 3.05) is 19.6 Å². The van der Waals surface area contributed by atoms with Crippen molar-refractivity contribution in [2.45, 2.75) is 19.8 Å². The Balaban J connectivity index is 1.64.